The third-order valence-electron chi connectivity index (χ3n) is 15.7. The molecule has 1 spiro atoms. The van der Waals surface area contributed by atoms with Crippen molar-refractivity contribution in [3.63, 3.8) is 0 Å². The second kappa shape index (κ2) is 20.2. The number of para-hydroxylation sites is 1. The number of piperidine rings is 2. The van der Waals surface area contributed by atoms with Crippen LogP contribution in [0.2, 0.25) is 0 Å². The smallest absolute Gasteiger partial charge is 0.358 e. The summed E-state index contributed by atoms with van der Waals surface area (Å²) in [5.41, 5.74) is 8.77. The number of amides is 4. The first-order chi connectivity index (χ1) is 36.5. The van der Waals surface area contributed by atoms with Crippen molar-refractivity contribution in [2.24, 2.45) is 18.4 Å². The minimum Gasteiger partial charge on any atom is -0.493 e. The Morgan fingerprint density at radius 3 is 2.43 bits per heavy atom. The van der Waals surface area contributed by atoms with Gasteiger partial charge in [-0.1, -0.05) is 41.7 Å². The zero-order valence-corrected chi connectivity index (χ0v) is 44.7. The van der Waals surface area contributed by atoms with Crippen LogP contribution in [0.5, 0.6) is 5.75 Å². The molecule has 3 N–H and O–H groups in total. The number of aryl methyl sites for hydroxylation is 3. The summed E-state index contributed by atoms with van der Waals surface area (Å²) in [4.78, 5) is 79.6. The number of aromatic nitrogens is 4. The van der Waals surface area contributed by atoms with E-state index in [0.717, 1.165) is 93.5 Å². The molecule has 1 unspecified atom stereocenters. The average Bonchev–Trinajstić information content (AvgIpc) is 3.99. The van der Waals surface area contributed by atoms with Gasteiger partial charge < -0.3 is 19.7 Å². The van der Waals surface area contributed by atoms with E-state index in [1.54, 1.807) is 4.68 Å². The highest BCUT2D eigenvalue weighted by atomic mass is 32.1. The number of nitrogens with zero attached hydrogens (tertiary/aromatic N) is 6. The van der Waals surface area contributed by atoms with Crippen LogP contribution >= 0.6 is 11.3 Å². The Morgan fingerprint density at radius 1 is 0.882 bits per heavy atom. The average molecular weight is 1040 g/mol. The van der Waals surface area contributed by atoms with E-state index in [1.165, 1.54) is 11.3 Å². The van der Waals surface area contributed by atoms with E-state index in [0.29, 0.717) is 78.5 Å². The van der Waals surface area contributed by atoms with Crippen molar-refractivity contribution >= 4 is 78.7 Å². The van der Waals surface area contributed by atoms with Crippen LogP contribution in [0.1, 0.15) is 114 Å². The fourth-order valence-corrected chi connectivity index (χ4v) is 12.7. The van der Waals surface area contributed by atoms with E-state index in [9.17, 15) is 24.0 Å². The third kappa shape index (κ3) is 10.3. The number of fused-ring (bicyclic) bond motifs is 3. The van der Waals surface area contributed by atoms with Crippen LogP contribution in [-0.2, 0) is 39.1 Å². The van der Waals surface area contributed by atoms with Gasteiger partial charge in [0, 0.05) is 48.8 Å². The number of esters is 1. The molecule has 0 radical (unpaired) electrons. The molecule has 76 heavy (non-hydrogen) atoms. The quantitative estimate of drug-likeness (QED) is 0.0777. The molecule has 17 heteroatoms. The largest absolute Gasteiger partial charge is 0.493 e. The topological polar surface area (TPSA) is 190 Å². The summed E-state index contributed by atoms with van der Waals surface area (Å²) in [5.74, 6) is -0.0261. The molecule has 16 nitrogen and oxygen atoms in total. The van der Waals surface area contributed by atoms with Gasteiger partial charge in [0.2, 0.25) is 17.7 Å². The maximum atomic E-state index is 14.0. The number of carbonyl (C=O) groups excluding carboxylic acids is 5. The maximum Gasteiger partial charge on any atom is 0.358 e. The standard InChI is InChI=1S/C59H63N9O7S/c1-34-28-38(74-33-36-29-59(30-36)23-26-67(27-24-59)32-50(70)60-45-19-16-42-51(65-66(6)53(42)35(45)2)43-18-21-49(69)63-55(43)72)14-15-39(34)40-17-20-48(62-52(40)56(73)75-58(3,4)5)68-25-22-37-10-9-11-41(44(37)31-68)54(71)64-57-61-46-12-7-8-13-47(46)76-57/h7-17,19-20,28,36,43H,18,21-27,29-33H2,1-6H3,(H,60,70)(H,61,64,71)(H,63,69,72). The van der Waals surface area contributed by atoms with Crippen LogP contribution in [0.4, 0.5) is 16.6 Å². The van der Waals surface area contributed by atoms with Gasteiger partial charge in [0.25, 0.3) is 5.91 Å². The summed E-state index contributed by atoms with van der Waals surface area (Å²) in [7, 11) is 1.84. The van der Waals surface area contributed by atoms with E-state index in [2.05, 4.69) is 41.9 Å². The number of imide groups is 1. The lowest BCUT2D eigenvalue weighted by molar-refractivity contribution is -0.134. The summed E-state index contributed by atoms with van der Waals surface area (Å²) >= 11 is 1.44. The van der Waals surface area contributed by atoms with Crippen molar-refractivity contribution in [1.29, 1.82) is 0 Å². The Hall–Kier alpha value is -7.50. The summed E-state index contributed by atoms with van der Waals surface area (Å²) in [6.07, 6.45) is 5.66. The highest BCUT2D eigenvalue weighted by molar-refractivity contribution is 7.22. The number of nitrogens with one attached hydrogen (secondary N) is 3. The molecule has 0 bridgehead atoms. The summed E-state index contributed by atoms with van der Waals surface area (Å²) < 4.78 is 15.1. The van der Waals surface area contributed by atoms with Crippen molar-refractivity contribution in [3.05, 3.63) is 124 Å². The molecule has 3 aromatic heterocycles. The summed E-state index contributed by atoms with van der Waals surface area (Å²) in [6.45, 7) is 13.3. The molecular weight excluding hydrogens is 979 g/mol. The fraction of sp³-hybridized carbons (Fsp3) is 0.390. The molecule has 6 heterocycles. The van der Waals surface area contributed by atoms with Gasteiger partial charge in [-0.05, 0) is 180 Å². The second-order valence-corrected chi connectivity index (χ2v) is 23.2. The van der Waals surface area contributed by atoms with Crippen molar-refractivity contribution < 1.29 is 33.4 Å². The predicted molar refractivity (Wildman–Crippen MR) is 294 cm³/mol. The molecule has 4 aromatic carbocycles. The molecule has 392 valence electrons. The van der Waals surface area contributed by atoms with E-state index in [1.807, 2.05) is 121 Å². The van der Waals surface area contributed by atoms with Crippen LogP contribution in [0, 0.1) is 25.2 Å². The van der Waals surface area contributed by atoms with Crippen LogP contribution in [-0.4, -0.2) is 92.6 Å². The third-order valence-corrected chi connectivity index (χ3v) is 16.6. The Balaban J connectivity index is 0.695. The van der Waals surface area contributed by atoms with Crippen LogP contribution in [0.25, 0.3) is 32.2 Å². The number of hydrogen-bond donors (Lipinski definition) is 3. The molecule has 1 saturated carbocycles. The number of rotatable bonds is 12. The number of anilines is 3. The number of thiazole rings is 1. The first kappa shape index (κ1) is 50.6. The summed E-state index contributed by atoms with van der Waals surface area (Å²) in [6, 6.07) is 27.3. The molecule has 4 aliphatic rings. The highest BCUT2D eigenvalue weighted by Crippen LogP contribution is 2.52. The van der Waals surface area contributed by atoms with Gasteiger partial charge in [-0.25, -0.2) is 14.8 Å². The van der Waals surface area contributed by atoms with E-state index in [-0.39, 0.29) is 41.2 Å². The Labute approximate surface area is 445 Å². The van der Waals surface area contributed by atoms with Crippen LogP contribution in [0.3, 0.4) is 0 Å². The minimum absolute atomic E-state index is 0.0644. The molecule has 11 rings (SSSR count). The molecular formula is C59H63N9O7S. The molecule has 3 aliphatic heterocycles. The number of ether oxygens (including phenoxy) is 2. The number of pyridine rings is 1. The lowest BCUT2D eigenvalue weighted by Gasteiger charge is -2.52. The Kier molecular flexibility index (Phi) is 13.5. The minimum atomic E-state index is -0.740. The van der Waals surface area contributed by atoms with Gasteiger partial charge in [0.05, 0.1) is 40.5 Å². The molecule has 2 saturated heterocycles. The van der Waals surface area contributed by atoms with E-state index in [4.69, 9.17) is 14.5 Å². The van der Waals surface area contributed by atoms with E-state index >= 15 is 0 Å². The van der Waals surface area contributed by atoms with Gasteiger partial charge in [-0.3, -0.25) is 39.4 Å². The maximum absolute atomic E-state index is 14.0. The molecule has 3 fully saturated rings. The predicted octanol–water partition coefficient (Wildman–Crippen LogP) is 9.66. The number of hydrogen-bond acceptors (Lipinski definition) is 13. The SMILES string of the molecule is Cc1cc(OCC2CC3(CCN(CC(=O)Nc4ccc5c(C6CCC(=O)NC6=O)nn(C)c5c4C)CC3)C2)ccc1-c1ccc(N2CCc3cccc(C(=O)Nc4nc5ccccc5s4)c3C2)nc1C(=O)OC(C)(C)C. The van der Waals surface area contributed by atoms with Gasteiger partial charge >= 0.3 is 5.97 Å². The first-order valence-electron chi connectivity index (χ1n) is 26.3. The fourth-order valence-electron chi connectivity index (χ4n) is 11.9. The normalized spacial score (nSPS) is 17.8. The number of benzene rings is 4. The van der Waals surface area contributed by atoms with Gasteiger partial charge in [0.15, 0.2) is 10.8 Å². The number of carbonyl (C=O) groups is 5. The van der Waals surface area contributed by atoms with Crippen molar-refractivity contribution in [2.75, 3.05) is 48.3 Å². The Bertz CT molecular complexity index is 3440. The lowest BCUT2D eigenvalue weighted by Crippen LogP contribution is -2.49. The highest BCUT2D eigenvalue weighted by Gasteiger charge is 2.46. The van der Waals surface area contributed by atoms with Crippen LogP contribution in [0.15, 0.2) is 84.9 Å². The Morgan fingerprint density at radius 2 is 1.67 bits per heavy atom. The molecule has 1 aliphatic carbocycles. The van der Waals surface area contributed by atoms with Gasteiger partial charge in [0.1, 0.15) is 17.2 Å². The number of likely N-dealkylation sites (tertiary alicyclic amines) is 1. The zero-order valence-electron chi connectivity index (χ0n) is 43.9. The van der Waals surface area contributed by atoms with Crippen molar-refractivity contribution in [3.8, 4) is 16.9 Å². The molecule has 1 atom stereocenters. The zero-order chi connectivity index (χ0) is 53.0. The summed E-state index contributed by atoms with van der Waals surface area (Å²) in [5, 5.41) is 14.7. The molecule has 7 aromatic rings. The van der Waals surface area contributed by atoms with Crippen LogP contribution < -0.4 is 25.6 Å². The van der Waals surface area contributed by atoms with Gasteiger partial charge in [-0.2, -0.15) is 5.10 Å². The van der Waals surface area contributed by atoms with Crippen molar-refractivity contribution in [1.82, 2.24) is 30.0 Å². The van der Waals surface area contributed by atoms with Gasteiger partial charge in [-0.15, -0.1) is 0 Å². The second-order valence-electron chi connectivity index (χ2n) is 22.2. The first-order valence-corrected chi connectivity index (χ1v) is 27.1. The molecule has 4 amide bonds. The lowest BCUT2D eigenvalue weighted by atomic mass is 9.58. The van der Waals surface area contributed by atoms with E-state index < -0.39 is 17.5 Å². The van der Waals surface area contributed by atoms with Crippen molar-refractivity contribution in [2.45, 2.75) is 97.6 Å². The monoisotopic (exact) mass is 1040 g/mol.